The number of hydrogen-bond acceptors (Lipinski definition) is 2. The van der Waals surface area contributed by atoms with E-state index in [1.807, 2.05) is 6.07 Å². The minimum Gasteiger partial charge on any atom is -0.356 e. The second-order valence-electron chi connectivity index (χ2n) is 4.96. The Bertz CT molecular complexity index is 477. The average molecular weight is 311 g/mol. The van der Waals surface area contributed by atoms with Crippen LogP contribution in [0.5, 0.6) is 0 Å². The van der Waals surface area contributed by atoms with Gasteiger partial charge in [-0.15, -0.1) is 0 Å². The first-order valence-corrected chi connectivity index (χ1v) is 7.72. The van der Waals surface area contributed by atoms with E-state index in [4.69, 9.17) is 11.6 Å². The lowest BCUT2D eigenvalue weighted by atomic mass is 10.2. The molecule has 0 saturated heterocycles. The zero-order valence-electron chi connectivity index (χ0n) is 12.7. The Balaban J connectivity index is 2.49. The fraction of sp³-hybridized carbons (Fsp3) is 0.500. The monoisotopic (exact) mass is 310 g/mol. The molecule has 1 rings (SSSR count). The van der Waals surface area contributed by atoms with E-state index in [0.29, 0.717) is 23.8 Å². The van der Waals surface area contributed by atoms with E-state index >= 15 is 0 Å². The van der Waals surface area contributed by atoms with Crippen molar-refractivity contribution >= 4 is 29.1 Å². The van der Waals surface area contributed by atoms with Crippen LogP contribution in [-0.2, 0) is 9.59 Å². The molecule has 0 heterocycles. The number of rotatable bonds is 8. The third-order valence-corrected chi connectivity index (χ3v) is 3.40. The maximum atomic E-state index is 11.8. The molecular weight excluding hydrogens is 288 g/mol. The van der Waals surface area contributed by atoms with Gasteiger partial charge in [0.05, 0.1) is 0 Å². The lowest BCUT2D eigenvalue weighted by Crippen LogP contribution is -2.34. The molecule has 1 aromatic carbocycles. The highest BCUT2D eigenvalue weighted by molar-refractivity contribution is 6.30. The minimum atomic E-state index is -0.101. The van der Waals surface area contributed by atoms with Crippen molar-refractivity contribution in [3.05, 3.63) is 29.3 Å². The van der Waals surface area contributed by atoms with Gasteiger partial charge in [-0.2, -0.15) is 0 Å². The highest BCUT2D eigenvalue weighted by Crippen LogP contribution is 2.19. The Kier molecular flexibility index (Phi) is 7.83. The SMILES string of the molecule is CCCCCNC(=O)CCN(C(C)=O)c1cccc(Cl)c1. The average Bonchev–Trinajstić information content (AvgIpc) is 2.43. The van der Waals surface area contributed by atoms with Crippen molar-refractivity contribution in [1.82, 2.24) is 5.32 Å². The van der Waals surface area contributed by atoms with Gasteiger partial charge in [-0.3, -0.25) is 9.59 Å². The third-order valence-electron chi connectivity index (χ3n) is 3.16. The Hall–Kier alpha value is -1.55. The van der Waals surface area contributed by atoms with Crippen molar-refractivity contribution in [3.63, 3.8) is 0 Å². The third kappa shape index (κ3) is 6.63. The minimum absolute atomic E-state index is 0.0284. The number of unbranched alkanes of at least 4 members (excludes halogenated alkanes) is 2. The molecule has 0 radical (unpaired) electrons. The number of amides is 2. The first-order valence-electron chi connectivity index (χ1n) is 7.35. The maximum Gasteiger partial charge on any atom is 0.223 e. The van der Waals surface area contributed by atoms with Gasteiger partial charge in [0.25, 0.3) is 0 Å². The van der Waals surface area contributed by atoms with Crippen LogP contribution in [0.15, 0.2) is 24.3 Å². The van der Waals surface area contributed by atoms with E-state index < -0.39 is 0 Å². The van der Waals surface area contributed by atoms with Crippen LogP contribution in [0.1, 0.15) is 39.5 Å². The first kappa shape index (κ1) is 17.5. The van der Waals surface area contributed by atoms with E-state index in [-0.39, 0.29) is 18.2 Å². The molecule has 1 aromatic rings. The van der Waals surface area contributed by atoms with Gasteiger partial charge in [0.2, 0.25) is 11.8 Å². The number of benzene rings is 1. The number of nitrogens with one attached hydrogen (secondary N) is 1. The molecule has 21 heavy (non-hydrogen) atoms. The van der Waals surface area contributed by atoms with Crippen LogP contribution in [0.2, 0.25) is 5.02 Å². The quantitative estimate of drug-likeness (QED) is 0.748. The Morgan fingerprint density at radius 2 is 2.05 bits per heavy atom. The predicted molar refractivity (Wildman–Crippen MR) is 86.6 cm³/mol. The summed E-state index contributed by atoms with van der Waals surface area (Å²) in [5.74, 6) is -0.129. The molecule has 0 saturated carbocycles. The predicted octanol–water partition coefficient (Wildman–Crippen LogP) is 3.39. The molecule has 5 heteroatoms. The van der Waals surface area contributed by atoms with E-state index in [2.05, 4.69) is 12.2 Å². The molecule has 0 spiro atoms. The molecule has 0 aliphatic heterocycles. The number of anilines is 1. The largest absolute Gasteiger partial charge is 0.356 e. The lowest BCUT2D eigenvalue weighted by molar-refractivity contribution is -0.121. The molecule has 2 amide bonds. The summed E-state index contributed by atoms with van der Waals surface area (Å²) < 4.78 is 0. The van der Waals surface area contributed by atoms with Crippen molar-refractivity contribution in [3.8, 4) is 0 Å². The second kappa shape index (κ2) is 9.40. The van der Waals surface area contributed by atoms with Crippen LogP contribution in [0, 0.1) is 0 Å². The van der Waals surface area contributed by atoms with Crippen molar-refractivity contribution < 1.29 is 9.59 Å². The number of halogens is 1. The Morgan fingerprint density at radius 3 is 2.67 bits per heavy atom. The molecule has 4 nitrogen and oxygen atoms in total. The summed E-state index contributed by atoms with van der Waals surface area (Å²) in [7, 11) is 0. The topological polar surface area (TPSA) is 49.4 Å². The normalized spacial score (nSPS) is 10.2. The zero-order valence-corrected chi connectivity index (χ0v) is 13.4. The summed E-state index contributed by atoms with van der Waals surface area (Å²) in [6.07, 6.45) is 3.52. The smallest absolute Gasteiger partial charge is 0.223 e. The highest BCUT2D eigenvalue weighted by Gasteiger charge is 2.13. The molecular formula is C16H23ClN2O2. The summed E-state index contributed by atoms with van der Waals surface area (Å²) in [5.41, 5.74) is 0.716. The summed E-state index contributed by atoms with van der Waals surface area (Å²) in [6, 6.07) is 7.08. The van der Waals surface area contributed by atoms with Crippen LogP contribution < -0.4 is 10.2 Å². The summed E-state index contributed by atoms with van der Waals surface area (Å²) in [5, 5.41) is 3.44. The van der Waals surface area contributed by atoms with E-state index in [1.54, 1.807) is 23.1 Å². The van der Waals surface area contributed by atoms with Gasteiger partial charge >= 0.3 is 0 Å². The van der Waals surface area contributed by atoms with Crippen molar-refractivity contribution in [2.45, 2.75) is 39.5 Å². The van der Waals surface area contributed by atoms with Crippen LogP contribution in [-0.4, -0.2) is 24.9 Å². The fourth-order valence-electron chi connectivity index (χ4n) is 2.02. The number of hydrogen-bond donors (Lipinski definition) is 1. The second-order valence-corrected chi connectivity index (χ2v) is 5.39. The molecule has 0 fully saturated rings. The summed E-state index contributed by atoms with van der Waals surface area (Å²) in [6.45, 7) is 4.66. The van der Waals surface area contributed by atoms with Crippen LogP contribution >= 0.6 is 11.6 Å². The van der Waals surface area contributed by atoms with Gasteiger partial charge in [0.15, 0.2) is 0 Å². The van der Waals surface area contributed by atoms with Gasteiger partial charge < -0.3 is 10.2 Å². The van der Waals surface area contributed by atoms with Crippen molar-refractivity contribution in [1.29, 1.82) is 0 Å². The van der Waals surface area contributed by atoms with Gasteiger partial charge in [-0.05, 0) is 24.6 Å². The van der Waals surface area contributed by atoms with Crippen molar-refractivity contribution in [2.75, 3.05) is 18.0 Å². The zero-order chi connectivity index (χ0) is 15.7. The molecule has 116 valence electrons. The van der Waals surface area contributed by atoms with Crippen LogP contribution in [0.4, 0.5) is 5.69 Å². The van der Waals surface area contributed by atoms with Crippen LogP contribution in [0.3, 0.4) is 0 Å². The van der Waals surface area contributed by atoms with Gasteiger partial charge in [-0.25, -0.2) is 0 Å². The number of nitrogens with zero attached hydrogens (tertiary/aromatic N) is 1. The van der Waals surface area contributed by atoms with E-state index in [9.17, 15) is 9.59 Å². The van der Waals surface area contributed by atoms with E-state index in [1.165, 1.54) is 6.92 Å². The van der Waals surface area contributed by atoms with Gasteiger partial charge in [0.1, 0.15) is 0 Å². The lowest BCUT2D eigenvalue weighted by Gasteiger charge is -2.21. The Labute approximate surface area is 131 Å². The molecule has 1 N–H and O–H groups in total. The highest BCUT2D eigenvalue weighted by atomic mass is 35.5. The Morgan fingerprint density at radius 1 is 1.29 bits per heavy atom. The standard InChI is InChI=1S/C16H23ClN2O2/c1-3-4-5-10-18-16(21)9-11-19(13(2)20)15-8-6-7-14(17)12-15/h6-8,12H,3-5,9-11H2,1-2H3,(H,18,21). The summed E-state index contributed by atoms with van der Waals surface area (Å²) >= 11 is 5.94. The molecule has 0 aliphatic carbocycles. The molecule has 0 aromatic heterocycles. The van der Waals surface area contributed by atoms with E-state index in [0.717, 1.165) is 19.3 Å². The number of carbonyl (C=O) groups is 2. The first-order chi connectivity index (χ1) is 10.0. The van der Waals surface area contributed by atoms with Gasteiger partial charge in [-0.1, -0.05) is 37.4 Å². The van der Waals surface area contributed by atoms with Crippen LogP contribution in [0.25, 0.3) is 0 Å². The molecule has 0 unspecified atom stereocenters. The fourth-order valence-corrected chi connectivity index (χ4v) is 2.20. The number of carbonyl (C=O) groups excluding carboxylic acids is 2. The molecule has 0 bridgehead atoms. The maximum absolute atomic E-state index is 11.8. The van der Waals surface area contributed by atoms with Gasteiger partial charge in [0, 0.05) is 37.1 Å². The molecule has 0 atom stereocenters. The van der Waals surface area contributed by atoms with Crippen molar-refractivity contribution in [2.24, 2.45) is 0 Å². The summed E-state index contributed by atoms with van der Waals surface area (Å²) in [4.78, 5) is 25.0. The molecule has 0 aliphatic rings.